The van der Waals surface area contributed by atoms with Crippen LogP contribution in [-0.4, -0.2) is 102 Å². The summed E-state index contributed by atoms with van der Waals surface area (Å²) in [7, 11) is 4.21. The van der Waals surface area contributed by atoms with Crippen molar-refractivity contribution in [2.75, 3.05) is 40.3 Å². The summed E-state index contributed by atoms with van der Waals surface area (Å²) in [6.45, 7) is 5.81. The minimum absolute atomic E-state index is 0.0553. The van der Waals surface area contributed by atoms with Gasteiger partial charge in [0.2, 0.25) is 17.7 Å². The number of halogens is 1. The third-order valence-electron chi connectivity index (χ3n) is 8.16. The van der Waals surface area contributed by atoms with Crippen molar-refractivity contribution in [1.82, 2.24) is 24.6 Å². The van der Waals surface area contributed by atoms with Crippen LogP contribution in [0.1, 0.15) is 24.8 Å². The smallest absolute Gasteiger partial charge is 0.246 e. The average Bonchev–Trinajstić information content (AvgIpc) is 3.20. The maximum atomic E-state index is 13.6. The molecule has 2 aromatic rings. The van der Waals surface area contributed by atoms with Crippen molar-refractivity contribution in [1.29, 1.82) is 0 Å². The fourth-order valence-corrected chi connectivity index (χ4v) is 6.42. The zero-order chi connectivity index (χ0) is 27.0. The van der Waals surface area contributed by atoms with Crippen LogP contribution in [-0.2, 0) is 32.1 Å². The number of nitrogens with one attached hydrogen (secondary N) is 1. The number of amides is 3. The maximum absolute atomic E-state index is 13.6. The van der Waals surface area contributed by atoms with Crippen molar-refractivity contribution in [2.24, 2.45) is 0 Å². The third-order valence-corrected chi connectivity index (χ3v) is 8.65. The van der Waals surface area contributed by atoms with Crippen molar-refractivity contribution in [3.05, 3.63) is 47.1 Å². The van der Waals surface area contributed by atoms with Gasteiger partial charge in [0.25, 0.3) is 0 Å². The molecular formula is C28H36BrN5O4. The maximum Gasteiger partial charge on any atom is 0.246 e. The normalized spacial score (nSPS) is 23.7. The predicted octanol–water partition coefficient (Wildman–Crippen LogP) is 2.17. The Morgan fingerprint density at radius 3 is 2.76 bits per heavy atom. The topological polar surface area (TPSA) is 87.1 Å². The Kier molecular flexibility index (Phi) is 7.93. The third kappa shape index (κ3) is 5.53. The number of aromatic nitrogens is 1. The number of likely N-dealkylation sites (tertiary alicyclic amines) is 1. The van der Waals surface area contributed by atoms with Crippen molar-refractivity contribution in [3.8, 4) is 0 Å². The highest BCUT2D eigenvalue weighted by Crippen LogP contribution is 2.32. The van der Waals surface area contributed by atoms with E-state index in [0.29, 0.717) is 32.3 Å². The molecule has 5 rings (SSSR count). The Morgan fingerprint density at radius 1 is 1.24 bits per heavy atom. The summed E-state index contributed by atoms with van der Waals surface area (Å²) in [5.41, 5.74) is 1.82. The van der Waals surface area contributed by atoms with Gasteiger partial charge in [-0.3, -0.25) is 14.4 Å². The summed E-state index contributed by atoms with van der Waals surface area (Å²) in [6, 6.07) is 6.48. The number of ether oxygens (including phenoxy) is 1. The number of fused-ring (bicyclic) bond motifs is 2. The summed E-state index contributed by atoms with van der Waals surface area (Å²) >= 11 is 3.56. The molecule has 3 heterocycles. The molecule has 3 amide bonds. The van der Waals surface area contributed by atoms with Gasteiger partial charge < -0.3 is 29.3 Å². The molecule has 0 bridgehead atoms. The van der Waals surface area contributed by atoms with Gasteiger partial charge in [0.1, 0.15) is 6.54 Å². The van der Waals surface area contributed by atoms with Crippen molar-refractivity contribution in [2.45, 2.75) is 56.5 Å². The number of hydrogen-bond donors (Lipinski definition) is 1. The van der Waals surface area contributed by atoms with Crippen LogP contribution in [0.15, 0.2) is 41.5 Å². The molecule has 1 aliphatic carbocycles. The minimum atomic E-state index is -0.121. The van der Waals surface area contributed by atoms with Gasteiger partial charge >= 0.3 is 0 Å². The lowest BCUT2D eigenvalue weighted by molar-refractivity contribution is -0.151. The van der Waals surface area contributed by atoms with E-state index in [-0.39, 0.29) is 48.9 Å². The van der Waals surface area contributed by atoms with E-state index >= 15 is 0 Å². The number of benzene rings is 1. The van der Waals surface area contributed by atoms with Crippen LogP contribution in [0.25, 0.3) is 10.9 Å². The Balaban J connectivity index is 1.27. The van der Waals surface area contributed by atoms with Crippen LogP contribution in [0.2, 0.25) is 0 Å². The standard InChI is InChI=1S/C28H36BrN5O4/c1-4-27(36)33-15-20(16-33)30-26(35)17-32-14-18(22-12-19(29)5-7-23(22)32)11-28(37)34-9-10-38-25-13-21(31(2)3)6-8-24(25)34/h4-5,7,12,14,20-21,24-25H,1,6,8-11,13,15-17H2,2-3H3,(H,30,35). The lowest BCUT2D eigenvalue weighted by Crippen LogP contribution is -2.61. The Morgan fingerprint density at radius 2 is 2.03 bits per heavy atom. The highest BCUT2D eigenvalue weighted by molar-refractivity contribution is 9.10. The summed E-state index contributed by atoms with van der Waals surface area (Å²) in [6.07, 6.45) is 6.54. The van der Waals surface area contributed by atoms with Gasteiger partial charge in [0, 0.05) is 47.2 Å². The number of nitrogens with zero attached hydrogens (tertiary/aromatic N) is 4. The molecule has 3 aliphatic rings. The van der Waals surface area contributed by atoms with E-state index in [1.807, 2.05) is 33.9 Å². The van der Waals surface area contributed by atoms with Gasteiger partial charge in [0.15, 0.2) is 0 Å². The second-order valence-electron chi connectivity index (χ2n) is 10.8. The Labute approximate surface area is 231 Å². The molecule has 3 unspecified atom stereocenters. The molecule has 10 heteroatoms. The zero-order valence-electron chi connectivity index (χ0n) is 22.1. The van der Waals surface area contributed by atoms with Crippen LogP contribution < -0.4 is 5.32 Å². The lowest BCUT2D eigenvalue weighted by Gasteiger charge is -2.47. The second kappa shape index (κ2) is 11.2. The van der Waals surface area contributed by atoms with Crippen LogP contribution in [0.4, 0.5) is 0 Å². The molecule has 9 nitrogen and oxygen atoms in total. The molecule has 2 saturated heterocycles. The number of morpholine rings is 1. The van der Waals surface area contributed by atoms with E-state index in [9.17, 15) is 14.4 Å². The fraction of sp³-hybridized carbons (Fsp3) is 0.536. The first-order valence-electron chi connectivity index (χ1n) is 13.3. The van der Waals surface area contributed by atoms with Crippen molar-refractivity contribution in [3.63, 3.8) is 0 Å². The van der Waals surface area contributed by atoms with Gasteiger partial charge in [0.05, 0.1) is 31.2 Å². The minimum Gasteiger partial charge on any atom is -0.374 e. The highest BCUT2D eigenvalue weighted by Gasteiger charge is 2.40. The van der Waals surface area contributed by atoms with Crippen LogP contribution >= 0.6 is 15.9 Å². The molecule has 1 N–H and O–H groups in total. The largest absolute Gasteiger partial charge is 0.374 e. The van der Waals surface area contributed by atoms with Gasteiger partial charge in [-0.2, -0.15) is 0 Å². The molecule has 2 aliphatic heterocycles. The van der Waals surface area contributed by atoms with Crippen molar-refractivity contribution >= 4 is 44.6 Å². The summed E-state index contributed by atoms with van der Waals surface area (Å²) in [4.78, 5) is 44.0. The van der Waals surface area contributed by atoms with E-state index in [0.717, 1.165) is 40.2 Å². The Hall–Kier alpha value is -2.69. The van der Waals surface area contributed by atoms with Gasteiger partial charge in [-0.1, -0.05) is 22.5 Å². The van der Waals surface area contributed by atoms with Gasteiger partial charge in [-0.25, -0.2) is 0 Å². The molecule has 3 fully saturated rings. The van der Waals surface area contributed by atoms with E-state index < -0.39 is 0 Å². The Bertz CT molecular complexity index is 1240. The molecule has 1 aromatic heterocycles. The molecule has 38 heavy (non-hydrogen) atoms. The molecular weight excluding hydrogens is 550 g/mol. The molecule has 3 atom stereocenters. The SMILES string of the molecule is C=CC(=O)N1CC(NC(=O)Cn2cc(CC(=O)N3CCOC4CC(N(C)C)CCC43)c3cc(Br)ccc32)C1. The number of carbonyl (C=O) groups excluding carboxylic acids is 3. The summed E-state index contributed by atoms with van der Waals surface area (Å²) < 4.78 is 8.94. The van der Waals surface area contributed by atoms with E-state index in [1.54, 1.807) is 4.90 Å². The first-order chi connectivity index (χ1) is 18.2. The predicted molar refractivity (Wildman–Crippen MR) is 149 cm³/mol. The van der Waals surface area contributed by atoms with E-state index in [4.69, 9.17) is 4.74 Å². The van der Waals surface area contributed by atoms with Crippen molar-refractivity contribution < 1.29 is 19.1 Å². The molecule has 0 spiro atoms. The monoisotopic (exact) mass is 585 g/mol. The van der Waals surface area contributed by atoms with Gasteiger partial charge in [-0.05, 0) is 63.2 Å². The first-order valence-corrected chi connectivity index (χ1v) is 14.1. The number of rotatable bonds is 7. The lowest BCUT2D eigenvalue weighted by atomic mass is 9.86. The molecule has 204 valence electrons. The first kappa shape index (κ1) is 26.9. The average molecular weight is 587 g/mol. The highest BCUT2D eigenvalue weighted by atomic mass is 79.9. The number of carbonyl (C=O) groups is 3. The quantitative estimate of drug-likeness (QED) is 0.503. The van der Waals surface area contributed by atoms with Crippen LogP contribution in [0.3, 0.4) is 0 Å². The molecule has 0 radical (unpaired) electrons. The number of hydrogen-bond acceptors (Lipinski definition) is 5. The van der Waals surface area contributed by atoms with Gasteiger partial charge in [-0.15, -0.1) is 0 Å². The summed E-state index contributed by atoms with van der Waals surface area (Å²) in [5.74, 6) is -0.132. The molecule has 1 saturated carbocycles. The van der Waals surface area contributed by atoms with E-state index in [1.165, 1.54) is 6.08 Å². The summed E-state index contributed by atoms with van der Waals surface area (Å²) in [5, 5.41) is 3.97. The molecule has 1 aromatic carbocycles. The van der Waals surface area contributed by atoms with Crippen LogP contribution in [0.5, 0.6) is 0 Å². The fourth-order valence-electron chi connectivity index (χ4n) is 6.06. The second-order valence-corrected chi connectivity index (χ2v) is 11.7. The van der Waals surface area contributed by atoms with E-state index in [2.05, 4.69) is 46.8 Å². The van der Waals surface area contributed by atoms with Crippen LogP contribution in [0, 0.1) is 0 Å². The zero-order valence-corrected chi connectivity index (χ0v) is 23.7.